The molecule has 1 aliphatic rings. The van der Waals surface area contributed by atoms with Gasteiger partial charge in [-0.2, -0.15) is 0 Å². The maximum absolute atomic E-state index is 11.8. The molecule has 0 spiro atoms. The maximum Gasteiger partial charge on any atom is 0.327 e. The fourth-order valence-electron chi connectivity index (χ4n) is 2.25. The van der Waals surface area contributed by atoms with Crippen LogP contribution in [-0.2, 0) is 0 Å². The molecular weight excluding hydrogens is 216 g/mol. The molecule has 0 radical (unpaired) electrons. The number of amides is 1. The van der Waals surface area contributed by atoms with Crippen molar-refractivity contribution in [3.05, 3.63) is 18.7 Å². The minimum Gasteiger partial charge on any atom is -0.335 e. The van der Waals surface area contributed by atoms with Crippen molar-refractivity contribution in [2.75, 3.05) is 19.6 Å². The van der Waals surface area contributed by atoms with Gasteiger partial charge in [0.25, 0.3) is 0 Å². The zero-order valence-electron chi connectivity index (χ0n) is 10.3. The first-order valence-corrected chi connectivity index (χ1v) is 6.30. The molecule has 1 N–H and O–H groups in total. The number of imidazole rings is 1. The van der Waals surface area contributed by atoms with Crippen LogP contribution >= 0.6 is 0 Å². The van der Waals surface area contributed by atoms with Crippen LogP contribution in [0.3, 0.4) is 0 Å². The summed E-state index contributed by atoms with van der Waals surface area (Å²) in [4.78, 5) is 18.1. The van der Waals surface area contributed by atoms with Crippen molar-refractivity contribution in [3.63, 3.8) is 0 Å². The Labute approximate surface area is 102 Å². The molecule has 2 heterocycles. The Balaban J connectivity index is 1.76. The third-order valence-electron chi connectivity index (χ3n) is 3.19. The molecule has 1 aliphatic heterocycles. The molecule has 94 valence electrons. The van der Waals surface area contributed by atoms with Crippen LogP contribution in [0, 0.1) is 0 Å². The van der Waals surface area contributed by atoms with Crippen LogP contribution in [0.2, 0.25) is 0 Å². The molecule has 1 aromatic rings. The zero-order valence-corrected chi connectivity index (χ0v) is 10.3. The van der Waals surface area contributed by atoms with Crippen molar-refractivity contribution in [2.45, 2.75) is 32.2 Å². The molecule has 0 atom stereocenters. The Bertz CT molecular complexity index is 341. The second-order valence-corrected chi connectivity index (χ2v) is 4.54. The summed E-state index contributed by atoms with van der Waals surface area (Å²) < 4.78 is 1.48. The lowest BCUT2D eigenvalue weighted by molar-refractivity contribution is 0.193. The number of aromatic nitrogens is 2. The van der Waals surface area contributed by atoms with Gasteiger partial charge in [-0.15, -0.1) is 0 Å². The predicted molar refractivity (Wildman–Crippen MR) is 65.9 cm³/mol. The molecule has 2 rings (SSSR count). The zero-order chi connectivity index (χ0) is 12.1. The van der Waals surface area contributed by atoms with E-state index in [-0.39, 0.29) is 6.03 Å². The van der Waals surface area contributed by atoms with Gasteiger partial charge in [-0.3, -0.25) is 4.57 Å². The van der Waals surface area contributed by atoms with Crippen LogP contribution in [-0.4, -0.2) is 46.2 Å². The van der Waals surface area contributed by atoms with Crippen LogP contribution in [0.15, 0.2) is 18.7 Å². The van der Waals surface area contributed by atoms with E-state index in [0.717, 1.165) is 25.9 Å². The normalized spacial score (nSPS) is 18.2. The van der Waals surface area contributed by atoms with E-state index in [1.54, 1.807) is 12.4 Å². The molecule has 0 aromatic carbocycles. The van der Waals surface area contributed by atoms with Crippen LogP contribution in [0.5, 0.6) is 0 Å². The highest BCUT2D eigenvalue weighted by molar-refractivity contribution is 5.76. The number of nitrogens with zero attached hydrogens (tertiary/aromatic N) is 3. The van der Waals surface area contributed by atoms with E-state index in [2.05, 4.69) is 22.1 Å². The largest absolute Gasteiger partial charge is 0.335 e. The van der Waals surface area contributed by atoms with Gasteiger partial charge in [0, 0.05) is 31.5 Å². The number of hydrogen-bond donors (Lipinski definition) is 1. The topological polar surface area (TPSA) is 50.2 Å². The summed E-state index contributed by atoms with van der Waals surface area (Å²) in [5.74, 6) is 0. The second kappa shape index (κ2) is 5.82. The summed E-state index contributed by atoms with van der Waals surface area (Å²) in [7, 11) is 0. The van der Waals surface area contributed by atoms with E-state index in [4.69, 9.17) is 0 Å². The van der Waals surface area contributed by atoms with Gasteiger partial charge in [0.15, 0.2) is 0 Å². The van der Waals surface area contributed by atoms with Crippen molar-refractivity contribution in [1.82, 2.24) is 19.8 Å². The van der Waals surface area contributed by atoms with Crippen molar-refractivity contribution in [1.29, 1.82) is 0 Å². The average Bonchev–Trinajstić information content (AvgIpc) is 2.86. The summed E-state index contributed by atoms with van der Waals surface area (Å²) in [6.07, 6.45) is 8.10. The van der Waals surface area contributed by atoms with Gasteiger partial charge in [0.05, 0.1) is 0 Å². The van der Waals surface area contributed by atoms with Gasteiger partial charge in [-0.05, 0) is 25.8 Å². The summed E-state index contributed by atoms with van der Waals surface area (Å²) >= 11 is 0. The van der Waals surface area contributed by atoms with E-state index >= 15 is 0 Å². The lowest BCUT2D eigenvalue weighted by Crippen LogP contribution is -2.45. The van der Waals surface area contributed by atoms with Gasteiger partial charge in [0.2, 0.25) is 0 Å². The van der Waals surface area contributed by atoms with E-state index in [9.17, 15) is 4.79 Å². The Morgan fingerprint density at radius 2 is 2.24 bits per heavy atom. The molecule has 1 amide bonds. The second-order valence-electron chi connectivity index (χ2n) is 4.54. The minimum absolute atomic E-state index is 0.0727. The third-order valence-corrected chi connectivity index (χ3v) is 3.19. The summed E-state index contributed by atoms with van der Waals surface area (Å²) in [5.41, 5.74) is 0. The smallest absolute Gasteiger partial charge is 0.327 e. The Morgan fingerprint density at radius 1 is 1.47 bits per heavy atom. The molecule has 0 aliphatic carbocycles. The van der Waals surface area contributed by atoms with Gasteiger partial charge < -0.3 is 10.2 Å². The fourth-order valence-corrected chi connectivity index (χ4v) is 2.25. The van der Waals surface area contributed by atoms with Crippen molar-refractivity contribution in [2.24, 2.45) is 0 Å². The minimum atomic E-state index is -0.0727. The number of likely N-dealkylation sites (tertiary alicyclic amines) is 1. The maximum atomic E-state index is 11.8. The monoisotopic (exact) mass is 236 g/mol. The van der Waals surface area contributed by atoms with Crippen LogP contribution in [0.25, 0.3) is 0 Å². The number of carbonyl (C=O) groups excluding carboxylic acids is 1. The Kier molecular flexibility index (Phi) is 4.14. The molecule has 1 aromatic heterocycles. The molecule has 0 unspecified atom stereocenters. The first-order valence-electron chi connectivity index (χ1n) is 6.30. The van der Waals surface area contributed by atoms with E-state index in [1.807, 2.05) is 0 Å². The molecule has 5 heteroatoms. The average molecular weight is 236 g/mol. The van der Waals surface area contributed by atoms with Crippen molar-refractivity contribution < 1.29 is 4.79 Å². The molecule has 0 bridgehead atoms. The number of piperidine rings is 1. The van der Waals surface area contributed by atoms with Gasteiger partial charge in [-0.1, -0.05) is 6.92 Å². The molecule has 1 fully saturated rings. The highest BCUT2D eigenvalue weighted by atomic mass is 16.2. The number of carbonyl (C=O) groups is 1. The predicted octanol–water partition coefficient (Wildman–Crippen LogP) is 1.32. The first-order chi connectivity index (χ1) is 8.29. The molecule has 5 nitrogen and oxygen atoms in total. The summed E-state index contributed by atoms with van der Waals surface area (Å²) in [5, 5.41) is 3.04. The van der Waals surface area contributed by atoms with Gasteiger partial charge in [0.1, 0.15) is 6.33 Å². The van der Waals surface area contributed by atoms with Gasteiger partial charge in [-0.25, -0.2) is 9.78 Å². The molecule has 0 saturated carbocycles. The first kappa shape index (κ1) is 12.1. The van der Waals surface area contributed by atoms with Crippen LogP contribution in [0.4, 0.5) is 4.79 Å². The van der Waals surface area contributed by atoms with Gasteiger partial charge >= 0.3 is 6.03 Å². The van der Waals surface area contributed by atoms with E-state index < -0.39 is 0 Å². The quantitative estimate of drug-likeness (QED) is 0.861. The number of rotatable bonds is 3. The Hall–Kier alpha value is -1.36. The Morgan fingerprint density at radius 3 is 2.82 bits per heavy atom. The summed E-state index contributed by atoms with van der Waals surface area (Å²) in [6, 6.07) is 0.231. The number of hydrogen-bond acceptors (Lipinski definition) is 3. The lowest BCUT2D eigenvalue weighted by atomic mass is 10.1. The molecule has 17 heavy (non-hydrogen) atoms. The molecule has 1 saturated heterocycles. The highest BCUT2D eigenvalue weighted by Crippen LogP contribution is 2.10. The van der Waals surface area contributed by atoms with Crippen LogP contribution < -0.4 is 5.32 Å². The number of nitrogens with one attached hydrogen (secondary N) is 1. The van der Waals surface area contributed by atoms with E-state index in [0.29, 0.717) is 6.04 Å². The summed E-state index contributed by atoms with van der Waals surface area (Å²) in [6.45, 7) is 5.54. The standard InChI is InChI=1S/C12H20N4O/c1-2-6-15-7-3-11(4-8-15)14-12(17)16-9-5-13-10-16/h5,9-11H,2-4,6-8H2,1H3,(H,14,17). The van der Waals surface area contributed by atoms with Crippen LogP contribution in [0.1, 0.15) is 26.2 Å². The van der Waals surface area contributed by atoms with Crippen molar-refractivity contribution in [3.8, 4) is 0 Å². The molecular formula is C12H20N4O. The SMILES string of the molecule is CCCN1CCC(NC(=O)n2ccnc2)CC1. The highest BCUT2D eigenvalue weighted by Gasteiger charge is 2.20. The van der Waals surface area contributed by atoms with Crippen molar-refractivity contribution >= 4 is 6.03 Å². The fraction of sp³-hybridized carbons (Fsp3) is 0.667. The van der Waals surface area contributed by atoms with E-state index in [1.165, 1.54) is 23.9 Å². The third kappa shape index (κ3) is 3.30. The lowest BCUT2D eigenvalue weighted by Gasteiger charge is -2.31.